The number of carbonyl (C=O) groups is 3. The van der Waals surface area contributed by atoms with Crippen molar-refractivity contribution in [1.82, 2.24) is 15.5 Å². The number of benzene rings is 2. The molecule has 2 aromatic carbocycles. The van der Waals surface area contributed by atoms with E-state index < -0.39 is 38.4 Å². The van der Waals surface area contributed by atoms with Crippen LogP contribution in [0.3, 0.4) is 0 Å². The van der Waals surface area contributed by atoms with Gasteiger partial charge in [-0.3, -0.25) is 9.59 Å². The summed E-state index contributed by atoms with van der Waals surface area (Å²) in [7, 11) is -2.07. The van der Waals surface area contributed by atoms with Gasteiger partial charge in [0, 0.05) is 36.5 Å². The van der Waals surface area contributed by atoms with Gasteiger partial charge in [-0.05, 0) is 55.7 Å². The van der Waals surface area contributed by atoms with E-state index in [4.69, 9.17) is 23.4 Å². The molecular formula is C35H50BrN3O8Si. The predicted molar refractivity (Wildman–Crippen MR) is 188 cm³/mol. The smallest absolute Gasteiger partial charge is 0.407 e. The van der Waals surface area contributed by atoms with E-state index in [9.17, 15) is 14.4 Å². The van der Waals surface area contributed by atoms with E-state index in [0.29, 0.717) is 19.0 Å². The molecule has 0 radical (unpaired) electrons. The molecule has 4 atom stereocenters. The van der Waals surface area contributed by atoms with Crippen LogP contribution in [0.25, 0.3) is 0 Å². The number of amides is 3. The highest BCUT2D eigenvalue weighted by Crippen LogP contribution is 2.38. The molecule has 2 N–H and O–H groups in total. The van der Waals surface area contributed by atoms with Crippen molar-refractivity contribution in [2.24, 2.45) is 5.92 Å². The highest BCUT2D eigenvalue weighted by atomic mass is 79.9. The molecule has 0 bridgehead atoms. The van der Waals surface area contributed by atoms with Gasteiger partial charge in [-0.2, -0.15) is 0 Å². The zero-order valence-electron chi connectivity index (χ0n) is 29.0. The van der Waals surface area contributed by atoms with E-state index in [0.717, 1.165) is 10.0 Å². The number of nitrogens with zero attached hydrogens (tertiary/aromatic N) is 1. The van der Waals surface area contributed by atoms with Crippen LogP contribution < -0.4 is 15.4 Å². The Morgan fingerprint density at radius 2 is 1.77 bits per heavy atom. The molecule has 11 nitrogen and oxygen atoms in total. The second-order valence-electron chi connectivity index (χ2n) is 14.3. The van der Waals surface area contributed by atoms with E-state index >= 15 is 0 Å². The number of halogens is 1. The summed E-state index contributed by atoms with van der Waals surface area (Å²) in [6.45, 7) is 15.9. The average molecular weight is 749 g/mol. The van der Waals surface area contributed by atoms with Crippen LogP contribution in [-0.4, -0.2) is 88.0 Å². The largest absolute Gasteiger partial charge is 0.493 e. The van der Waals surface area contributed by atoms with Crippen LogP contribution in [0.5, 0.6) is 5.75 Å². The molecule has 0 saturated carbocycles. The molecule has 0 unspecified atom stereocenters. The van der Waals surface area contributed by atoms with Gasteiger partial charge in [0.1, 0.15) is 30.6 Å². The van der Waals surface area contributed by atoms with Gasteiger partial charge < -0.3 is 38.9 Å². The first kappa shape index (κ1) is 37.8. The lowest BCUT2D eigenvalue weighted by Crippen LogP contribution is -2.53. The maximum atomic E-state index is 13.9. The molecule has 0 spiro atoms. The van der Waals surface area contributed by atoms with Gasteiger partial charge in [0.15, 0.2) is 14.1 Å². The third-order valence-corrected chi connectivity index (χ3v) is 14.0. The SMILES string of the molecule is CC1(C)O[C@@H]2[C@@H](CN(C(=O)CCNC(=O)OCc3ccccc3)[C@H]2C(=O)NC[C@H](COc2cccc(Br)c2)CO[Si](C)(C)C(C)(C)C)O1. The Labute approximate surface area is 293 Å². The Bertz CT molecular complexity index is 1400. The van der Waals surface area contributed by atoms with Gasteiger partial charge in [-0.25, -0.2) is 4.79 Å². The quantitative estimate of drug-likeness (QED) is 0.239. The third-order valence-electron chi connectivity index (χ3n) is 8.99. The monoisotopic (exact) mass is 747 g/mol. The standard InChI is InChI=1S/C35H50BrN3O8Si/c1-34(2,3)48(6,7)45-23-25(22-43-27-15-11-14-26(36)18-27)19-38-32(41)30-31-28(46-35(4,5)47-31)20-39(30)29(40)16-17-37-33(42)44-21-24-12-9-8-10-13-24/h8-15,18,25,28,30-31H,16-17,19-23H2,1-7H3,(H,37,42)(H,38,41)/t25-,28-,30-,31-/m1/s1. The normalized spacial score (nSPS) is 20.9. The Morgan fingerprint density at radius 1 is 1.04 bits per heavy atom. The molecule has 2 aromatic rings. The molecule has 2 aliphatic heterocycles. The molecule has 2 aliphatic rings. The van der Waals surface area contributed by atoms with Crippen molar-refractivity contribution in [2.45, 2.75) is 89.8 Å². The third kappa shape index (κ3) is 10.5. The first-order valence-electron chi connectivity index (χ1n) is 16.4. The van der Waals surface area contributed by atoms with Gasteiger partial charge in [0.25, 0.3) is 0 Å². The minimum absolute atomic E-state index is 0.0174. The first-order chi connectivity index (χ1) is 22.5. The molecule has 3 amide bonds. The molecule has 4 rings (SSSR count). The predicted octanol–water partition coefficient (Wildman–Crippen LogP) is 5.63. The number of ether oxygens (including phenoxy) is 4. The van der Waals surface area contributed by atoms with Crippen LogP contribution in [0.1, 0.15) is 46.6 Å². The fourth-order valence-corrected chi connectivity index (χ4v) is 6.79. The average Bonchev–Trinajstić information content (AvgIpc) is 3.51. The number of rotatable bonds is 14. The summed E-state index contributed by atoms with van der Waals surface area (Å²) < 4.78 is 31.0. The number of alkyl carbamates (subject to hydrolysis) is 1. The molecule has 264 valence electrons. The van der Waals surface area contributed by atoms with Crippen LogP contribution in [-0.2, 0) is 34.8 Å². The molecule has 48 heavy (non-hydrogen) atoms. The topological polar surface area (TPSA) is 125 Å². The summed E-state index contributed by atoms with van der Waals surface area (Å²) in [4.78, 5) is 41.1. The zero-order valence-corrected chi connectivity index (χ0v) is 31.6. The summed E-state index contributed by atoms with van der Waals surface area (Å²) in [6.07, 6.45) is -1.73. The van der Waals surface area contributed by atoms with Crippen LogP contribution in [0.15, 0.2) is 59.1 Å². The van der Waals surface area contributed by atoms with Crippen LogP contribution >= 0.6 is 15.9 Å². The van der Waals surface area contributed by atoms with Crippen molar-refractivity contribution in [3.05, 3.63) is 64.6 Å². The van der Waals surface area contributed by atoms with Crippen LogP contribution in [0.4, 0.5) is 4.79 Å². The lowest BCUT2D eigenvalue weighted by atomic mass is 10.1. The van der Waals surface area contributed by atoms with Crippen molar-refractivity contribution in [2.75, 3.05) is 32.8 Å². The van der Waals surface area contributed by atoms with E-state index in [-0.39, 0.29) is 55.4 Å². The minimum atomic E-state index is -2.07. The maximum absolute atomic E-state index is 13.9. The van der Waals surface area contributed by atoms with Gasteiger partial charge in [0.2, 0.25) is 11.8 Å². The number of likely N-dealkylation sites (tertiary alicyclic amines) is 1. The molecular weight excluding hydrogens is 698 g/mol. The van der Waals surface area contributed by atoms with Crippen LogP contribution in [0, 0.1) is 5.92 Å². The number of carbonyl (C=O) groups excluding carboxylic acids is 3. The van der Waals surface area contributed by atoms with Gasteiger partial charge in [0.05, 0.1) is 13.2 Å². The minimum Gasteiger partial charge on any atom is -0.493 e. The Kier molecular flexibility index (Phi) is 12.7. The van der Waals surface area contributed by atoms with Crippen LogP contribution in [0.2, 0.25) is 18.1 Å². The maximum Gasteiger partial charge on any atom is 0.407 e. The number of nitrogens with one attached hydrogen (secondary N) is 2. The molecule has 0 aliphatic carbocycles. The zero-order chi connectivity index (χ0) is 35.1. The van der Waals surface area contributed by atoms with Crippen molar-refractivity contribution in [3.8, 4) is 5.75 Å². The molecule has 13 heteroatoms. The Hall–Kier alpha value is -2.97. The van der Waals surface area contributed by atoms with E-state index in [1.807, 2.05) is 54.6 Å². The van der Waals surface area contributed by atoms with Crippen molar-refractivity contribution >= 4 is 42.2 Å². The van der Waals surface area contributed by atoms with Gasteiger partial charge >= 0.3 is 6.09 Å². The fourth-order valence-electron chi connectivity index (χ4n) is 5.32. The summed E-state index contributed by atoms with van der Waals surface area (Å²) in [5, 5.41) is 5.71. The summed E-state index contributed by atoms with van der Waals surface area (Å²) in [5.41, 5.74) is 0.859. The summed E-state index contributed by atoms with van der Waals surface area (Å²) >= 11 is 3.48. The van der Waals surface area contributed by atoms with Crippen molar-refractivity contribution in [3.63, 3.8) is 0 Å². The van der Waals surface area contributed by atoms with Crippen molar-refractivity contribution in [1.29, 1.82) is 0 Å². The van der Waals surface area contributed by atoms with E-state index in [1.54, 1.807) is 13.8 Å². The van der Waals surface area contributed by atoms with E-state index in [1.165, 1.54) is 4.90 Å². The van der Waals surface area contributed by atoms with E-state index in [2.05, 4.69) is 60.4 Å². The lowest BCUT2D eigenvalue weighted by molar-refractivity contribution is -0.170. The lowest BCUT2D eigenvalue weighted by Gasteiger charge is -2.37. The Morgan fingerprint density at radius 3 is 2.46 bits per heavy atom. The molecule has 2 saturated heterocycles. The highest BCUT2D eigenvalue weighted by Gasteiger charge is 2.56. The second kappa shape index (κ2) is 16.2. The van der Waals surface area contributed by atoms with Crippen molar-refractivity contribution < 1.29 is 37.8 Å². The molecule has 0 aromatic heterocycles. The highest BCUT2D eigenvalue weighted by molar-refractivity contribution is 9.10. The number of hydrogen-bond acceptors (Lipinski definition) is 8. The first-order valence-corrected chi connectivity index (χ1v) is 20.1. The van der Waals surface area contributed by atoms with Gasteiger partial charge in [-0.15, -0.1) is 0 Å². The number of fused-ring (bicyclic) bond motifs is 1. The Balaban J connectivity index is 1.38. The fraction of sp³-hybridized carbons (Fsp3) is 0.571. The molecule has 2 heterocycles. The van der Waals surface area contributed by atoms with Gasteiger partial charge in [-0.1, -0.05) is 73.1 Å². The second-order valence-corrected chi connectivity index (χ2v) is 20.0. The summed E-state index contributed by atoms with van der Waals surface area (Å²) in [6, 6.07) is 16.0. The number of hydrogen-bond donors (Lipinski definition) is 2. The molecule has 2 fully saturated rings. The summed E-state index contributed by atoms with van der Waals surface area (Å²) in [5.74, 6) is -0.975.